The molecule has 0 fully saturated rings. The Labute approximate surface area is 188 Å². The molecule has 0 unspecified atom stereocenters. The molecule has 2 aromatic heterocycles. The lowest BCUT2D eigenvalue weighted by atomic mass is 10.1. The molecule has 0 saturated carbocycles. The number of hydrogen-bond donors (Lipinski definition) is 0. The van der Waals surface area contributed by atoms with Crippen LogP contribution in [0.4, 0.5) is 17.1 Å². The first-order chi connectivity index (χ1) is 16.3. The summed E-state index contributed by atoms with van der Waals surface area (Å²) in [6, 6.07) is 31.0. The fraction of sp³-hybridized carbons (Fsp3) is 0. The Bertz CT molecular complexity index is 1740. The van der Waals surface area contributed by atoms with Crippen molar-refractivity contribution in [2.24, 2.45) is 0 Å². The van der Waals surface area contributed by atoms with Crippen LogP contribution in [0.2, 0.25) is 0 Å². The molecule has 0 bridgehead atoms. The Morgan fingerprint density at radius 3 is 2.18 bits per heavy atom. The molecule has 6 aromatic rings. The minimum atomic E-state index is -0.0844. The highest BCUT2D eigenvalue weighted by molar-refractivity contribution is 5.97. The molecule has 1 aliphatic heterocycles. The summed E-state index contributed by atoms with van der Waals surface area (Å²) in [5, 5.41) is 1.92. The van der Waals surface area contributed by atoms with Gasteiger partial charge in [0.1, 0.15) is 5.58 Å². The second-order valence-electron chi connectivity index (χ2n) is 8.02. The van der Waals surface area contributed by atoms with Gasteiger partial charge in [-0.2, -0.15) is 0 Å². The predicted octanol–water partition coefficient (Wildman–Crippen LogP) is 7.07. The molecule has 0 spiro atoms. The van der Waals surface area contributed by atoms with E-state index >= 15 is 0 Å². The molecule has 4 aromatic carbocycles. The summed E-state index contributed by atoms with van der Waals surface area (Å²) in [5.74, 6) is 1.54. The van der Waals surface area contributed by atoms with Crippen LogP contribution in [0.5, 0.6) is 11.5 Å². The van der Waals surface area contributed by atoms with Gasteiger partial charge >= 0.3 is 0 Å². The van der Waals surface area contributed by atoms with Crippen molar-refractivity contribution in [3.8, 4) is 11.5 Å². The highest BCUT2D eigenvalue weighted by Gasteiger charge is 2.25. The van der Waals surface area contributed by atoms with E-state index < -0.39 is 0 Å². The molecule has 1 aliphatic rings. The fourth-order valence-electron chi connectivity index (χ4n) is 4.49. The molecule has 0 saturated heterocycles. The second-order valence-corrected chi connectivity index (χ2v) is 8.02. The van der Waals surface area contributed by atoms with Crippen LogP contribution in [-0.2, 0) is 0 Å². The van der Waals surface area contributed by atoms with Crippen LogP contribution in [0, 0.1) is 0 Å². The van der Waals surface area contributed by atoms with E-state index in [1.165, 1.54) is 0 Å². The Balaban J connectivity index is 1.49. The summed E-state index contributed by atoms with van der Waals surface area (Å²) < 4.78 is 12.3. The molecule has 0 N–H and O–H groups in total. The quantitative estimate of drug-likeness (QED) is 0.262. The number of hydrogen-bond acceptors (Lipinski definition) is 5. The van der Waals surface area contributed by atoms with Crippen LogP contribution in [0.15, 0.2) is 106 Å². The average Bonchev–Trinajstić information content (AvgIpc) is 2.86. The molecular weight excluding hydrogens is 412 g/mol. The van der Waals surface area contributed by atoms with Gasteiger partial charge in [-0.1, -0.05) is 42.5 Å². The third-order valence-corrected chi connectivity index (χ3v) is 6.04. The van der Waals surface area contributed by atoms with E-state index in [0.29, 0.717) is 22.1 Å². The standard InChI is InChI=1S/C28H16N2O3/c31-27-19-14-13-18(16-26(19)33-28-20(27)15-17-7-1-2-8-21(17)29-28)30-22-9-3-5-11-24(22)32-25-12-6-4-10-23(25)30/h1-16H. The predicted molar refractivity (Wildman–Crippen MR) is 130 cm³/mol. The zero-order valence-corrected chi connectivity index (χ0v) is 17.4. The summed E-state index contributed by atoms with van der Waals surface area (Å²) in [5.41, 5.74) is 4.25. The molecule has 5 nitrogen and oxygen atoms in total. The summed E-state index contributed by atoms with van der Waals surface area (Å²) in [4.78, 5) is 20.0. The number of anilines is 3. The lowest BCUT2D eigenvalue weighted by Crippen LogP contribution is -2.15. The summed E-state index contributed by atoms with van der Waals surface area (Å²) in [7, 11) is 0. The fourth-order valence-corrected chi connectivity index (χ4v) is 4.49. The van der Waals surface area contributed by atoms with Crippen LogP contribution in [0.25, 0.3) is 33.0 Å². The number of pyridine rings is 1. The molecule has 0 radical (unpaired) electrons. The maximum absolute atomic E-state index is 13.3. The van der Waals surface area contributed by atoms with Gasteiger partial charge in [0.15, 0.2) is 11.5 Å². The molecule has 0 amide bonds. The average molecular weight is 428 g/mol. The van der Waals surface area contributed by atoms with Crippen LogP contribution in [0.1, 0.15) is 0 Å². The smallest absolute Gasteiger partial charge is 0.231 e. The van der Waals surface area contributed by atoms with Crippen molar-refractivity contribution in [1.29, 1.82) is 0 Å². The van der Waals surface area contributed by atoms with Gasteiger partial charge < -0.3 is 14.1 Å². The number of nitrogens with zero attached hydrogens (tertiary/aromatic N) is 2. The van der Waals surface area contributed by atoms with Crippen molar-refractivity contribution in [3.63, 3.8) is 0 Å². The number of aromatic nitrogens is 1. The van der Waals surface area contributed by atoms with Crippen molar-refractivity contribution in [3.05, 3.63) is 107 Å². The van der Waals surface area contributed by atoms with Crippen molar-refractivity contribution >= 4 is 50.0 Å². The van der Waals surface area contributed by atoms with Crippen molar-refractivity contribution in [1.82, 2.24) is 4.98 Å². The zero-order valence-electron chi connectivity index (χ0n) is 17.4. The van der Waals surface area contributed by atoms with Crippen molar-refractivity contribution < 1.29 is 9.15 Å². The third-order valence-electron chi connectivity index (χ3n) is 6.04. The lowest BCUT2D eigenvalue weighted by molar-refractivity contribution is 0.477. The van der Waals surface area contributed by atoms with Gasteiger partial charge in [0, 0.05) is 11.5 Å². The lowest BCUT2D eigenvalue weighted by Gasteiger charge is -2.32. The Morgan fingerprint density at radius 1 is 0.697 bits per heavy atom. The van der Waals surface area contributed by atoms with E-state index in [-0.39, 0.29) is 5.43 Å². The number of benzene rings is 4. The molecule has 7 rings (SSSR count). The third kappa shape index (κ3) is 2.66. The van der Waals surface area contributed by atoms with E-state index in [4.69, 9.17) is 9.15 Å². The van der Waals surface area contributed by atoms with Gasteiger partial charge in [-0.25, -0.2) is 4.98 Å². The van der Waals surface area contributed by atoms with Gasteiger partial charge in [-0.3, -0.25) is 4.79 Å². The maximum atomic E-state index is 13.3. The van der Waals surface area contributed by atoms with Gasteiger partial charge in [-0.05, 0) is 48.5 Å². The first kappa shape index (κ1) is 18.0. The molecule has 156 valence electrons. The van der Waals surface area contributed by atoms with Crippen molar-refractivity contribution in [2.75, 3.05) is 4.90 Å². The van der Waals surface area contributed by atoms with Gasteiger partial charge in [-0.15, -0.1) is 0 Å². The molecule has 3 heterocycles. The molecule has 5 heteroatoms. The SMILES string of the molecule is O=c1c2ccc(N3c4ccccc4Oc4ccccc43)cc2oc2nc3ccccc3cc12. The Kier molecular flexibility index (Phi) is 3.64. The first-order valence-electron chi connectivity index (χ1n) is 10.7. The highest BCUT2D eigenvalue weighted by Crippen LogP contribution is 2.50. The summed E-state index contributed by atoms with van der Waals surface area (Å²) in [6.45, 7) is 0. The summed E-state index contributed by atoms with van der Waals surface area (Å²) in [6.07, 6.45) is 0. The maximum Gasteiger partial charge on any atom is 0.231 e. The monoisotopic (exact) mass is 428 g/mol. The van der Waals surface area contributed by atoms with Crippen LogP contribution >= 0.6 is 0 Å². The topological polar surface area (TPSA) is 55.6 Å². The largest absolute Gasteiger partial charge is 0.453 e. The van der Waals surface area contributed by atoms with E-state index in [9.17, 15) is 4.79 Å². The minimum absolute atomic E-state index is 0.0844. The molecule has 0 atom stereocenters. The van der Waals surface area contributed by atoms with Crippen LogP contribution in [-0.4, -0.2) is 4.98 Å². The first-order valence-corrected chi connectivity index (χ1v) is 10.7. The molecule has 33 heavy (non-hydrogen) atoms. The van der Waals surface area contributed by atoms with E-state index in [1.54, 1.807) is 0 Å². The molecular formula is C28H16N2O3. The summed E-state index contributed by atoms with van der Waals surface area (Å²) >= 11 is 0. The number of para-hydroxylation sites is 5. The van der Waals surface area contributed by atoms with Gasteiger partial charge in [0.2, 0.25) is 11.1 Å². The van der Waals surface area contributed by atoms with E-state index in [0.717, 1.165) is 39.5 Å². The second kappa shape index (κ2) is 6.68. The van der Waals surface area contributed by atoms with Gasteiger partial charge in [0.05, 0.1) is 33.4 Å². The van der Waals surface area contributed by atoms with Gasteiger partial charge in [0.25, 0.3) is 0 Å². The Morgan fingerprint density at radius 2 is 1.39 bits per heavy atom. The van der Waals surface area contributed by atoms with Crippen LogP contribution < -0.4 is 15.1 Å². The minimum Gasteiger partial charge on any atom is -0.453 e. The number of fused-ring (bicyclic) bond motifs is 5. The molecule has 0 aliphatic carbocycles. The van der Waals surface area contributed by atoms with E-state index in [2.05, 4.69) is 9.88 Å². The number of ether oxygens (including phenoxy) is 1. The number of rotatable bonds is 1. The highest BCUT2D eigenvalue weighted by atomic mass is 16.5. The van der Waals surface area contributed by atoms with Crippen molar-refractivity contribution in [2.45, 2.75) is 0 Å². The van der Waals surface area contributed by atoms with E-state index in [1.807, 2.05) is 97.1 Å². The normalized spacial score (nSPS) is 12.5. The Hall–Kier alpha value is -4.64. The zero-order chi connectivity index (χ0) is 21.9. The van der Waals surface area contributed by atoms with Crippen LogP contribution in [0.3, 0.4) is 0 Å².